The van der Waals surface area contributed by atoms with Crippen LogP contribution in [0.15, 0.2) is 18.2 Å². The molecule has 0 fully saturated rings. The molecule has 1 aromatic carbocycles. The number of rotatable bonds is 6. The predicted octanol–water partition coefficient (Wildman–Crippen LogP) is -0.752. The molecule has 0 saturated heterocycles. The molecule has 0 unspecified atom stereocenters. The van der Waals surface area contributed by atoms with Crippen LogP contribution in [0.1, 0.15) is 0 Å². The molecular formula is C10H6Cl3F2KO4. The first-order valence-electron chi connectivity index (χ1n) is 4.69. The summed E-state index contributed by atoms with van der Waals surface area (Å²) in [6.45, 7) is -0.785. The van der Waals surface area contributed by atoms with Crippen molar-refractivity contribution >= 4 is 40.8 Å². The maximum absolute atomic E-state index is 13.1. The molecule has 0 bridgehead atoms. The van der Waals surface area contributed by atoms with E-state index in [-0.39, 0.29) is 67.9 Å². The smallest absolute Gasteiger partial charge is 0.546 e. The number of benzene rings is 1. The Morgan fingerprint density at radius 1 is 1.40 bits per heavy atom. The van der Waals surface area contributed by atoms with E-state index in [1.54, 1.807) is 0 Å². The van der Waals surface area contributed by atoms with Crippen molar-refractivity contribution in [3.05, 3.63) is 23.2 Å². The quantitative estimate of drug-likeness (QED) is 0.486. The fourth-order valence-corrected chi connectivity index (χ4v) is 1.26. The van der Waals surface area contributed by atoms with Gasteiger partial charge in [0.25, 0.3) is 0 Å². The Bertz CT molecular complexity index is 474. The number of halogens is 5. The first-order valence-corrected chi connectivity index (χ1v) is 5.94. The number of hydrogen-bond donors (Lipinski definition) is 0. The third-order valence-corrected chi connectivity index (χ3v) is 2.58. The zero-order valence-corrected chi connectivity index (χ0v) is 15.4. The summed E-state index contributed by atoms with van der Waals surface area (Å²) < 4.78 is 35.2. The van der Waals surface area contributed by atoms with Crippen LogP contribution in [-0.4, -0.2) is 23.5 Å². The van der Waals surface area contributed by atoms with Gasteiger partial charge in [0.05, 0.1) is 11.0 Å². The third kappa shape index (κ3) is 6.61. The molecule has 0 spiro atoms. The summed E-state index contributed by atoms with van der Waals surface area (Å²) in [6, 6.07) is 3.29. The van der Waals surface area contributed by atoms with Crippen molar-refractivity contribution in [1.29, 1.82) is 0 Å². The molecule has 0 aliphatic carbocycles. The molecule has 0 aromatic heterocycles. The summed E-state index contributed by atoms with van der Waals surface area (Å²) in [5, 5.41) is 10.2. The maximum Gasteiger partial charge on any atom is 1.00 e. The Morgan fingerprint density at radius 3 is 2.50 bits per heavy atom. The first-order chi connectivity index (χ1) is 8.72. The largest absolute Gasteiger partial charge is 1.00 e. The van der Waals surface area contributed by atoms with Gasteiger partial charge in [-0.2, -0.15) is 8.78 Å². The minimum absolute atomic E-state index is 0. The first kappa shape index (κ1) is 20.7. The van der Waals surface area contributed by atoms with E-state index < -0.39 is 23.5 Å². The van der Waals surface area contributed by atoms with Gasteiger partial charge in [0, 0.05) is 6.07 Å². The van der Waals surface area contributed by atoms with Crippen LogP contribution in [0.3, 0.4) is 0 Å². The van der Waals surface area contributed by atoms with Gasteiger partial charge in [0.15, 0.2) is 0 Å². The molecule has 106 valence electrons. The van der Waals surface area contributed by atoms with E-state index in [4.69, 9.17) is 39.5 Å². The molecule has 20 heavy (non-hydrogen) atoms. The van der Waals surface area contributed by atoms with Crippen molar-refractivity contribution in [1.82, 2.24) is 0 Å². The number of aliphatic carboxylic acids is 1. The van der Waals surface area contributed by atoms with E-state index in [2.05, 4.69) is 4.74 Å². The molecule has 4 nitrogen and oxygen atoms in total. The predicted molar refractivity (Wildman–Crippen MR) is 63.0 cm³/mol. The second-order valence-corrected chi connectivity index (χ2v) is 4.72. The Kier molecular flexibility index (Phi) is 9.24. The van der Waals surface area contributed by atoms with Gasteiger partial charge in [-0.1, -0.05) is 34.8 Å². The topological polar surface area (TPSA) is 58.6 Å². The zero-order valence-electron chi connectivity index (χ0n) is 10.0. The molecule has 10 heteroatoms. The van der Waals surface area contributed by atoms with Crippen LogP contribution in [0.25, 0.3) is 0 Å². The van der Waals surface area contributed by atoms with Crippen molar-refractivity contribution in [2.75, 3.05) is 6.61 Å². The van der Waals surface area contributed by atoms with Crippen molar-refractivity contribution in [2.45, 2.75) is 10.9 Å². The summed E-state index contributed by atoms with van der Waals surface area (Å²) in [5.41, 5.74) is 0. The second kappa shape index (κ2) is 8.94. The number of carboxylic acids is 1. The van der Waals surface area contributed by atoms with E-state index in [1.807, 2.05) is 0 Å². The maximum atomic E-state index is 13.1. The van der Waals surface area contributed by atoms with E-state index in [0.29, 0.717) is 0 Å². The van der Waals surface area contributed by atoms with Gasteiger partial charge in [-0.15, -0.1) is 0 Å². The van der Waals surface area contributed by atoms with Gasteiger partial charge in [0.1, 0.15) is 18.1 Å². The van der Waals surface area contributed by atoms with E-state index in [9.17, 15) is 18.7 Å². The van der Waals surface area contributed by atoms with E-state index in [1.165, 1.54) is 6.07 Å². The minimum Gasteiger partial charge on any atom is -0.546 e. The summed E-state index contributed by atoms with van der Waals surface area (Å²) in [7, 11) is 0. The van der Waals surface area contributed by atoms with Crippen LogP contribution in [-0.2, 0) is 4.79 Å². The fourth-order valence-electron chi connectivity index (χ4n) is 0.996. The SMILES string of the molecule is O=C([O-])COc1cc(OC(F)(F)C(Cl)Cl)ccc1Cl.[K+]. The van der Waals surface area contributed by atoms with Crippen molar-refractivity contribution in [3.8, 4) is 11.5 Å². The molecule has 1 rings (SSSR count). The number of alkyl halides is 4. The van der Waals surface area contributed by atoms with Crippen LogP contribution < -0.4 is 66.0 Å². The molecule has 1 aromatic rings. The molecule has 0 atom stereocenters. The fraction of sp³-hybridized carbons (Fsp3) is 0.300. The molecule has 0 N–H and O–H groups in total. The van der Waals surface area contributed by atoms with Crippen molar-refractivity contribution in [3.63, 3.8) is 0 Å². The van der Waals surface area contributed by atoms with Gasteiger partial charge < -0.3 is 19.4 Å². The van der Waals surface area contributed by atoms with Gasteiger partial charge in [-0.3, -0.25) is 0 Å². The van der Waals surface area contributed by atoms with Crippen LogP contribution >= 0.6 is 34.8 Å². The summed E-state index contributed by atoms with van der Waals surface area (Å²) in [6.07, 6.45) is -3.82. The number of ether oxygens (including phenoxy) is 2. The average Bonchev–Trinajstić information content (AvgIpc) is 2.29. The zero-order chi connectivity index (χ0) is 14.6. The van der Waals surface area contributed by atoms with Gasteiger partial charge in [0.2, 0.25) is 4.84 Å². The Balaban J connectivity index is 0.00000361. The monoisotopic (exact) mass is 372 g/mol. The average molecular weight is 374 g/mol. The van der Waals surface area contributed by atoms with Crippen molar-refractivity contribution < 1.29 is 79.5 Å². The molecule has 0 aliphatic heterocycles. The second-order valence-electron chi connectivity index (χ2n) is 3.22. The van der Waals surface area contributed by atoms with Crippen LogP contribution in [0.2, 0.25) is 5.02 Å². The molecular weight excluding hydrogens is 368 g/mol. The standard InChI is InChI=1S/C10H7Cl3F2O4.K/c11-6-2-1-5(19-10(14,15)9(12)13)3-7(6)18-4-8(16)17;/h1-3,9H,4H2,(H,16,17);/q;+1/p-1. The Morgan fingerprint density at radius 2 is 2.00 bits per heavy atom. The molecule has 0 saturated carbocycles. The van der Waals surface area contributed by atoms with E-state index in [0.717, 1.165) is 12.1 Å². The Labute approximate surface area is 170 Å². The Hall–Kier alpha value is 0.656. The van der Waals surface area contributed by atoms with Crippen molar-refractivity contribution in [2.24, 2.45) is 0 Å². The molecule has 0 radical (unpaired) electrons. The minimum atomic E-state index is -3.82. The third-order valence-electron chi connectivity index (χ3n) is 1.76. The number of hydrogen-bond acceptors (Lipinski definition) is 4. The molecule has 0 amide bonds. The van der Waals surface area contributed by atoms with Crippen LogP contribution in [0.5, 0.6) is 11.5 Å². The molecule has 0 heterocycles. The van der Waals surface area contributed by atoms with Gasteiger partial charge in [-0.25, -0.2) is 0 Å². The number of carbonyl (C=O) groups excluding carboxylic acids is 1. The normalized spacial score (nSPS) is 10.9. The molecule has 0 aliphatic rings. The number of carbonyl (C=O) groups is 1. The summed E-state index contributed by atoms with van der Waals surface area (Å²) in [4.78, 5) is 8.15. The van der Waals surface area contributed by atoms with Gasteiger partial charge in [-0.05, 0) is 12.1 Å². The van der Waals surface area contributed by atoms with Crippen LogP contribution in [0.4, 0.5) is 8.78 Å². The summed E-state index contributed by atoms with van der Waals surface area (Å²) >= 11 is 15.8. The summed E-state index contributed by atoms with van der Waals surface area (Å²) in [5.74, 6) is -1.98. The van der Waals surface area contributed by atoms with Crippen LogP contribution in [0, 0.1) is 0 Å². The number of carboxylic acid groups (broad SMARTS) is 1. The van der Waals surface area contributed by atoms with Gasteiger partial charge >= 0.3 is 57.5 Å². The van der Waals surface area contributed by atoms with E-state index >= 15 is 0 Å².